The van der Waals surface area contributed by atoms with E-state index in [1.165, 1.54) is 11.2 Å². The summed E-state index contributed by atoms with van der Waals surface area (Å²) in [4.78, 5) is 28.7. The SMILES string of the molecule is O=C(O)C1CCN(C(=O)Nc2cccc(-c3ncco3)c2)C1. The Labute approximate surface area is 126 Å². The van der Waals surface area contributed by atoms with E-state index in [1.807, 2.05) is 6.07 Å². The molecule has 0 radical (unpaired) electrons. The molecule has 1 saturated heterocycles. The minimum atomic E-state index is -0.860. The third-order valence-corrected chi connectivity index (χ3v) is 3.62. The molecule has 1 aromatic carbocycles. The number of urea groups is 1. The van der Waals surface area contributed by atoms with Crippen molar-refractivity contribution in [2.24, 2.45) is 5.92 Å². The molecule has 3 rings (SSSR count). The molecule has 0 bridgehead atoms. The molecule has 7 nitrogen and oxygen atoms in total. The molecular formula is C15H15N3O4. The van der Waals surface area contributed by atoms with Crippen LogP contribution in [0.15, 0.2) is 41.1 Å². The lowest BCUT2D eigenvalue weighted by Crippen LogP contribution is -2.33. The van der Waals surface area contributed by atoms with Gasteiger partial charge in [-0.2, -0.15) is 0 Å². The number of anilines is 1. The van der Waals surface area contributed by atoms with Gasteiger partial charge in [0.05, 0.1) is 12.1 Å². The first-order chi connectivity index (χ1) is 10.6. The van der Waals surface area contributed by atoms with Gasteiger partial charge in [0, 0.05) is 24.3 Å². The summed E-state index contributed by atoms with van der Waals surface area (Å²) in [5.41, 5.74) is 1.37. The maximum atomic E-state index is 12.2. The highest BCUT2D eigenvalue weighted by Gasteiger charge is 2.30. The van der Waals surface area contributed by atoms with Gasteiger partial charge in [-0.05, 0) is 24.6 Å². The van der Waals surface area contributed by atoms with Crippen LogP contribution in [0, 0.1) is 5.92 Å². The second-order valence-electron chi connectivity index (χ2n) is 5.12. The van der Waals surface area contributed by atoms with Gasteiger partial charge in [0.15, 0.2) is 0 Å². The first-order valence-electron chi connectivity index (χ1n) is 6.92. The molecule has 2 aromatic rings. The second kappa shape index (κ2) is 5.88. The number of oxazole rings is 1. The number of benzene rings is 1. The summed E-state index contributed by atoms with van der Waals surface area (Å²) >= 11 is 0. The van der Waals surface area contributed by atoms with Crippen molar-refractivity contribution in [2.75, 3.05) is 18.4 Å². The molecule has 0 spiro atoms. The van der Waals surface area contributed by atoms with E-state index >= 15 is 0 Å². The van der Waals surface area contributed by atoms with E-state index < -0.39 is 11.9 Å². The molecule has 1 aliphatic heterocycles. The lowest BCUT2D eigenvalue weighted by atomic mass is 10.1. The lowest BCUT2D eigenvalue weighted by molar-refractivity contribution is -0.141. The summed E-state index contributed by atoms with van der Waals surface area (Å²) in [5, 5.41) is 11.7. The fourth-order valence-electron chi connectivity index (χ4n) is 2.44. The van der Waals surface area contributed by atoms with Gasteiger partial charge in [-0.15, -0.1) is 0 Å². The average molecular weight is 301 g/mol. The van der Waals surface area contributed by atoms with E-state index in [0.29, 0.717) is 24.5 Å². The summed E-state index contributed by atoms with van der Waals surface area (Å²) in [7, 11) is 0. The smallest absolute Gasteiger partial charge is 0.321 e. The number of nitrogens with one attached hydrogen (secondary N) is 1. The molecular weight excluding hydrogens is 286 g/mol. The molecule has 1 atom stereocenters. The largest absolute Gasteiger partial charge is 0.481 e. The predicted octanol–water partition coefficient (Wildman–Crippen LogP) is 2.28. The van der Waals surface area contributed by atoms with Crippen molar-refractivity contribution < 1.29 is 19.1 Å². The van der Waals surface area contributed by atoms with E-state index in [-0.39, 0.29) is 12.6 Å². The van der Waals surface area contributed by atoms with Crippen LogP contribution in [0.25, 0.3) is 11.5 Å². The highest BCUT2D eigenvalue weighted by Crippen LogP contribution is 2.22. The number of amides is 2. The number of hydrogen-bond acceptors (Lipinski definition) is 4. The van der Waals surface area contributed by atoms with Crippen LogP contribution in [0.3, 0.4) is 0 Å². The highest BCUT2D eigenvalue weighted by atomic mass is 16.4. The van der Waals surface area contributed by atoms with Crippen molar-refractivity contribution in [1.29, 1.82) is 0 Å². The molecule has 114 valence electrons. The van der Waals surface area contributed by atoms with Gasteiger partial charge in [-0.1, -0.05) is 6.07 Å². The number of likely N-dealkylation sites (tertiary alicyclic amines) is 1. The van der Waals surface area contributed by atoms with Crippen molar-refractivity contribution in [1.82, 2.24) is 9.88 Å². The summed E-state index contributed by atoms with van der Waals surface area (Å²) < 4.78 is 5.22. The van der Waals surface area contributed by atoms with Crippen molar-refractivity contribution in [3.63, 3.8) is 0 Å². The number of aromatic nitrogens is 1. The Morgan fingerprint density at radius 1 is 1.41 bits per heavy atom. The topological polar surface area (TPSA) is 95.7 Å². The molecule has 22 heavy (non-hydrogen) atoms. The van der Waals surface area contributed by atoms with Crippen molar-refractivity contribution in [2.45, 2.75) is 6.42 Å². The number of carboxylic acid groups (broad SMARTS) is 1. The van der Waals surface area contributed by atoms with E-state index in [0.717, 1.165) is 5.56 Å². The van der Waals surface area contributed by atoms with E-state index in [2.05, 4.69) is 10.3 Å². The molecule has 1 aliphatic rings. The average Bonchev–Trinajstić information content (AvgIpc) is 3.19. The van der Waals surface area contributed by atoms with Gasteiger partial charge in [-0.3, -0.25) is 4.79 Å². The minimum absolute atomic E-state index is 0.237. The predicted molar refractivity (Wildman–Crippen MR) is 78.3 cm³/mol. The number of carbonyl (C=O) groups excluding carboxylic acids is 1. The van der Waals surface area contributed by atoms with Crippen LogP contribution in [0.1, 0.15) is 6.42 Å². The summed E-state index contributed by atoms with van der Waals surface area (Å²) in [6.07, 6.45) is 3.52. The minimum Gasteiger partial charge on any atom is -0.481 e. The Kier molecular flexibility index (Phi) is 3.78. The van der Waals surface area contributed by atoms with E-state index in [9.17, 15) is 9.59 Å². The zero-order chi connectivity index (χ0) is 15.5. The van der Waals surface area contributed by atoms with E-state index in [1.54, 1.807) is 24.4 Å². The van der Waals surface area contributed by atoms with Crippen LogP contribution in [0.5, 0.6) is 0 Å². The van der Waals surface area contributed by atoms with Crippen molar-refractivity contribution >= 4 is 17.7 Å². The maximum Gasteiger partial charge on any atom is 0.321 e. The van der Waals surface area contributed by atoms with Crippen molar-refractivity contribution in [3.8, 4) is 11.5 Å². The molecule has 2 heterocycles. The van der Waals surface area contributed by atoms with Crippen LogP contribution in [0.2, 0.25) is 0 Å². The Morgan fingerprint density at radius 2 is 2.27 bits per heavy atom. The Morgan fingerprint density at radius 3 is 2.95 bits per heavy atom. The molecule has 1 aromatic heterocycles. The summed E-state index contributed by atoms with van der Waals surface area (Å²) in [6.45, 7) is 0.683. The van der Waals surface area contributed by atoms with Crippen LogP contribution in [0.4, 0.5) is 10.5 Å². The summed E-state index contributed by atoms with van der Waals surface area (Å²) in [6, 6.07) is 6.84. The second-order valence-corrected chi connectivity index (χ2v) is 5.12. The third-order valence-electron chi connectivity index (χ3n) is 3.62. The van der Waals surface area contributed by atoms with Gasteiger partial charge < -0.3 is 19.7 Å². The van der Waals surface area contributed by atoms with Gasteiger partial charge in [0.1, 0.15) is 6.26 Å². The normalized spacial score (nSPS) is 17.5. The Balaban J connectivity index is 1.67. The molecule has 1 unspecified atom stereocenters. The van der Waals surface area contributed by atoms with Gasteiger partial charge in [0.25, 0.3) is 0 Å². The standard InChI is InChI=1S/C15H15N3O4/c19-14(20)11-4-6-18(9-11)15(21)17-12-3-1-2-10(8-12)13-16-5-7-22-13/h1-3,5,7-8,11H,4,6,9H2,(H,17,21)(H,19,20). The number of nitrogens with zero attached hydrogens (tertiary/aromatic N) is 2. The van der Waals surface area contributed by atoms with Crippen LogP contribution in [-0.2, 0) is 4.79 Å². The molecule has 2 amide bonds. The fraction of sp³-hybridized carbons (Fsp3) is 0.267. The summed E-state index contributed by atoms with van der Waals surface area (Å²) in [5.74, 6) is -0.867. The number of carboxylic acids is 1. The zero-order valence-electron chi connectivity index (χ0n) is 11.7. The van der Waals surface area contributed by atoms with Gasteiger partial charge in [0.2, 0.25) is 5.89 Å². The third kappa shape index (κ3) is 2.93. The van der Waals surface area contributed by atoms with Crippen molar-refractivity contribution in [3.05, 3.63) is 36.7 Å². The molecule has 0 saturated carbocycles. The maximum absolute atomic E-state index is 12.2. The van der Waals surface area contributed by atoms with E-state index in [4.69, 9.17) is 9.52 Å². The molecule has 7 heteroatoms. The number of aliphatic carboxylic acids is 1. The van der Waals surface area contributed by atoms with Crippen LogP contribution in [-0.4, -0.2) is 40.1 Å². The van der Waals surface area contributed by atoms with Gasteiger partial charge >= 0.3 is 12.0 Å². The van der Waals surface area contributed by atoms with Crippen LogP contribution < -0.4 is 5.32 Å². The Hall–Kier alpha value is -2.83. The highest BCUT2D eigenvalue weighted by molar-refractivity contribution is 5.90. The van der Waals surface area contributed by atoms with Crippen LogP contribution >= 0.6 is 0 Å². The zero-order valence-corrected chi connectivity index (χ0v) is 11.7. The Bertz CT molecular complexity index is 684. The monoisotopic (exact) mass is 301 g/mol. The molecule has 2 N–H and O–H groups in total. The number of carbonyl (C=O) groups is 2. The van der Waals surface area contributed by atoms with Gasteiger partial charge in [-0.25, -0.2) is 9.78 Å². The fourth-order valence-corrected chi connectivity index (χ4v) is 2.44. The first-order valence-corrected chi connectivity index (χ1v) is 6.92. The quantitative estimate of drug-likeness (QED) is 0.906. The number of hydrogen-bond donors (Lipinski definition) is 2. The first kappa shape index (κ1) is 14.1. The lowest BCUT2D eigenvalue weighted by Gasteiger charge is -2.16. The molecule has 0 aliphatic carbocycles. The molecule has 1 fully saturated rings. The number of rotatable bonds is 3.